The van der Waals surface area contributed by atoms with Gasteiger partial charge in [0.15, 0.2) is 11.6 Å². The summed E-state index contributed by atoms with van der Waals surface area (Å²) in [6.45, 7) is 1.76. The Labute approximate surface area is 230 Å². The lowest BCUT2D eigenvalue weighted by atomic mass is 9.85. The molecule has 1 aromatic heterocycles. The van der Waals surface area contributed by atoms with Crippen LogP contribution in [0.3, 0.4) is 0 Å². The van der Waals surface area contributed by atoms with Crippen molar-refractivity contribution in [3.05, 3.63) is 41.5 Å². The molecule has 2 aromatic rings. The lowest BCUT2D eigenvalue weighted by Crippen LogP contribution is -2.43. The van der Waals surface area contributed by atoms with Crippen molar-refractivity contribution in [1.29, 1.82) is 0 Å². The molecule has 1 amide bonds. The molecule has 12 heteroatoms. The van der Waals surface area contributed by atoms with Crippen LogP contribution in [0.5, 0.6) is 0 Å². The Hall–Kier alpha value is -3.25. The Morgan fingerprint density at radius 1 is 1.10 bits per heavy atom. The van der Waals surface area contributed by atoms with Crippen LogP contribution in [-0.2, 0) is 9.53 Å². The van der Waals surface area contributed by atoms with Gasteiger partial charge in [-0.3, -0.25) is 4.79 Å². The van der Waals surface area contributed by atoms with E-state index in [-0.39, 0.29) is 36.4 Å². The summed E-state index contributed by atoms with van der Waals surface area (Å²) in [5, 5.41) is 15.8. The number of carbonyl (C=O) groups excluding carboxylic acids is 1. The van der Waals surface area contributed by atoms with Gasteiger partial charge >= 0.3 is 0 Å². The molecule has 4 heterocycles. The average Bonchev–Trinajstić information content (AvgIpc) is 3.70. The van der Waals surface area contributed by atoms with Crippen molar-refractivity contribution in [2.24, 2.45) is 16.8 Å². The number of ether oxygens (including phenoxy) is 1. The molecule has 6 rings (SSSR count). The van der Waals surface area contributed by atoms with E-state index in [1.54, 1.807) is 6.20 Å². The fraction of sp³-hybridized carbons (Fsp3) is 0.571. The van der Waals surface area contributed by atoms with Gasteiger partial charge in [-0.1, -0.05) is 0 Å². The molecule has 3 atom stereocenters. The number of benzene rings is 1. The first-order valence-electron chi connectivity index (χ1n) is 14.0. The summed E-state index contributed by atoms with van der Waals surface area (Å²) >= 11 is 0. The zero-order chi connectivity index (χ0) is 27.8. The number of aromatic nitrogens is 2. The minimum atomic E-state index is -1.04. The maximum Gasteiger partial charge on any atom is 0.226 e. The molecule has 0 spiro atoms. The molecule has 214 valence electrons. The van der Waals surface area contributed by atoms with E-state index in [0.29, 0.717) is 48.5 Å². The van der Waals surface area contributed by atoms with Gasteiger partial charge in [0.05, 0.1) is 37.1 Å². The first kappa shape index (κ1) is 26.9. The van der Waals surface area contributed by atoms with Crippen LogP contribution in [0, 0.1) is 29.3 Å². The van der Waals surface area contributed by atoms with Gasteiger partial charge in [-0.25, -0.2) is 28.1 Å². The highest BCUT2D eigenvalue weighted by molar-refractivity contribution is 6.05. The fourth-order valence-corrected chi connectivity index (χ4v) is 6.48. The van der Waals surface area contributed by atoms with Gasteiger partial charge in [0.2, 0.25) is 11.9 Å². The zero-order valence-electron chi connectivity index (χ0n) is 22.1. The number of hydrogen-bond donors (Lipinski definition) is 3. The molecular weight excluding hydrogens is 525 g/mol. The van der Waals surface area contributed by atoms with Gasteiger partial charge in [-0.05, 0) is 50.9 Å². The molecule has 1 saturated carbocycles. The summed E-state index contributed by atoms with van der Waals surface area (Å²) in [7, 11) is 0. The molecule has 3 aliphatic heterocycles. The third-order valence-electron chi connectivity index (χ3n) is 8.60. The minimum absolute atomic E-state index is 0.00314. The first-order chi connectivity index (χ1) is 19.4. The number of rotatable bonds is 6. The van der Waals surface area contributed by atoms with Crippen molar-refractivity contribution in [2.45, 2.75) is 62.9 Å². The van der Waals surface area contributed by atoms with Crippen LogP contribution in [0.4, 0.5) is 30.5 Å². The number of amides is 1. The second-order valence-electron chi connectivity index (χ2n) is 11.1. The number of aliphatic hydroxyl groups is 1. The molecule has 40 heavy (non-hydrogen) atoms. The Morgan fingerprint density at radius 3 is 2.58 bits per heavy atom. The van der Waals surface area contributed by atoms with Gasteiger partial charge in [0, 0.05) is 37.2 Å². The molecule has 3 fully saturated rings. The summed E-state index contributed by atoms with van der Waals surface area (Å²) in [5.74, 6) is -2.60. The molecule has 0 bridgehead atoms. The van der Waals surface area contributed by atoms with Crippen LogP contribution < -0.4 is 10.6 Å². The number of halogens is 3. The van der Waals surface area contributed by atoms with Gasteiger partial charge < -0.3 is 25.4 Å². The number of aliphatic hydroxyl groups excluding tert-OH is 1. The summed E-state index contributed by atoms with van der Waals surface area (Å²) in [4.78, 5) is 28.7. The van der Waals surface area contributed by atoms with Crippen molar-refractivity contribution < 1.29 is 27.8 Å². The predicted octanol–water partition coefficient (Wildman–Crippen LogP) is 4.12. The normalized spacial score (nSPS) is 27.9. The van der Waals surface area contributed by atoms with Crippen molar-refractivity contribution in [2.75, 3.05) is 37.0 Å². The van der Waals surface area contributed by atoms with E-state index in [2.05, 4.69) is 20.6 Å². The molecule has 1 aromatic carbocycles. The minimum Gasteiger partial charge on any atom is -0.394 e. The number of fused-ring (bicyclic) bond motifs is 1. The van der Waals surface area contributed by atoms with Crippen LogP contribution in [0.1, 0.15) is 56.6 Å². The largest absolute Gasteiger partial charge is 0.394 e. The molecule has 9 nitrogen and oxygen atoms in total. The highest BCUT2D eigenvalue weighted by Gasteiger charge is 2.39. The maximum absolute atomic E-state index is 14.4. The number of amidine groups is 1. The molecule has 3 N–H and O–H groups in total. The van der Waals surface area contributed by atoms with Crippen LogP contribution >= 0.6 is 0 Å². The Morgan fingerprint density at radius 2 is 1.88 bits per heavy atom. The quantitative estimate of drug-likeness (QED) is 0.489. The molecule has 0 radical (unpaired) electrons. The van der Waals surface area contributed by atoms with Crippen molar-refractivity contribution in [3.63, 3.8) is 0 Å². The summed E-state index contributed by atoms with van der Waals surface area (Å²) < 4.78 is 47.9. The Kier molecular flexibility index (Phi) is 7.63. The number of hydrogen-bond acceptors (Lipinski definition) is 8. The number of nitrogens with zero attached hydrogens (tertiary/aromatic N) is 4. The van der Waals surface area contributed by atoms with E-state index in [4.69, 9.17) is 9.72 Å². The summed E-state index contributed by atoms with van der Waals surface area (Å²) in [5.41, 5.74) is 0.686. The second kappa shape index (κ2) is 11.3. The number of carbonyl (C=O) groups is 1. The third-order valence-corrected chi connectivity index (χ3v) is 8.60. The lowest BCUT2D eigenvalue weighted by Gasteiger charge is -2.33. The van der Waals surface area contributed by atoms with Crippen molar-refractivity contribution in [3.8, 4) is 0 Å². The van der Waals surface area contributed by atoms with Gasteiger partial charge in [-0.15, -0.1) is 0 Å². The van der Waals surface area contributed by atoms with E-state index in [1.807, 2.05) is 4.90 Å². The monoisotopic (exact) mass is 558 g/mol. The van der Waals surface area contributed by atoms with Crippen molar-refractivity contribution in [1.82, 2.24) is 14.9 Å². The Balaban J connectivity index is 1.14. The summed E-state index contributed by atoms with van der Waals surface area (Å²) in [6, 6.07) is 1.30. The zero-order valence-corrected chi connectivity index (χ0v) is 22.1. The number of aliphatic imine (C=N–C) groups is 1. The topological polar surface area (TPSA) is 112 Å². The second-order valence-corrected chi connectivity index (χ2v) is 11.1. The molecule has 2 saturated heterocycles. The van der Waals surface area contributed by atoms with Crippen LogP contribution in [0.2, 0.25) is 0 Å². The van der Waals surface area contributed by atoms with Crippen LogP contribution in [-0.4, -0.2) is 70.2 Å². The SMILES string of the molecule is O=C(C1CCC(Nc2ncc3c(n2)C([C@H]2CCOC2)C(Nc2c(F)cc(F)cc2F)=N3)CC1)N1CCC[C@H]1CO. The molecule has 4 aliphatic rings. The van der Waals surface area contributed by atoms with Gasteiger partial charge in [-0.2, -0.15) is 0 Å². The number of anilines is 2. The summed E-state index contributed by atoms with van der Waals surface area (Å²) in [6.07, 6.45) is 7.22. The molecule has 1 unspecified atom stereocenters. The van der Waals surface area contributed by atoms with Crippen LogP contribution in [0.25, 0.3) is 0 Å². The number of nitrogens with one attached hydrogen (secondary N) is 2. The molecular formula is C28H33F3N6O3. The first-order valence-corrected chi connectivity index (χ1v) is 14.0. The lowest BCUT2D eigenvalue weighted by molar-refractivity contribution is -0.138. The van der Waals surface area contributed by atoms with Gasteiger partial charge in [0.1, 0.15) is 23.0 Å². The third kappa shape index (κ3) is 5.26. The molecule has 1 aliphatic carbocycles. The van der Waals surface area contributed by atoms with Gasteiger partial charge in [0.25, 0.3) is 0 Å². The maximum atomic E-state index is 14.4. The van der Waals surface area contributed by atoms with Crippen molar-refractivity contribution >= 4 is 29.1 Å². The predicted molar refractivity (Wildman–Crippen MR) is 142 cm³/mol. The number of likely N-dealkylation sites (tertiary alicyclic amines) is 1. The van der Waals surface area contributed by atoms with E-state index in [0.717, 1.165) is 51.5 Å². The smallest absolute Gasteiger partial charge is 0.226 e. The van der Waals surface area contributed by atoms with E-state index in [1.165, 1.54) is 0 Å². The van der Waals surface area contributed by atoms with E-state index >= 15 is 0 Å². The standard InChI is InChI=1S/C28H33F3N6O3/c29-17-10-20(30)24(21(31)11-17)35-26-23(16-7-9-40-14-16)25-22(34-26)12-32-28(36-25)33-18-5-3-15(4-6-18)27(39)37-8-1-2-19(37)13-38/h10-12,15-16,18-19,23,38H,1-9,13-14H2,(H,34,35)(H,32,33,36)/t15?,16-,18?,19-,23?/m0/s1. The van der Waals surface area contributed by atoms with E-state index < -0.39 is 29.1 Å². The average molecular weight is 559 g/mol. The highest BCUT2D eigenvalue weighted by Crippen LogP contribution is 2.42. The van der Waals surface area contributed by atoms with E-state index in [9.17, 15) is 23.1 Å². The van der Waals surface area contributed by atoms with Crippen LogP contribution in [0.15, 0.2) is 23.3 Å². The Bertz CT molecular complexity index is 1270. The highest BCUT2D eigenvalue weighted by atomic mass is 19.1. The fourth-order valence-electron chi connectivity index (χ4n) is 6.48.